The molecule has 31 heavy (non-hydrogen) atoms. The van der Waals surface area contributed by atoms with Gasteiger partial charge in [0.15, 0.2) is 6.61 Å². The zero-order valence-corrected chi connectivity index (χ0v) is 16.7. The molecule has 0 atom stereocenters. The molecule has 0 unspecified atom stereocenters. The van der Waals surface area contributed by atoms with Crippen LogP contribution in [0.3, 0.4) is 0 Å². The number of nitriles is 1. The Morgan fingerprint density at radius 2 is 1.77 bits per heavy atom. The number of nitro groups is 1. The Bertz CT molecular complexity index is 1170. The fourth-order valence-corrected chi connectivity index (χ4v) is 2.78. The quantitative estimate of drug-likeness (QED) is 0.337. The van der Waals surface area contributed by atoms with Crippen molar-refractivity contribution in [2.24, 2.45) is 5.10 Å². The number of ether oxygens (including phenoxy) is 1. The molecule has 0 aliphatic carbocycles. The van der Waals surface area contributed by atoms with Gasteiger partial charge in [-0.2, -0.15) is 10.4 Å². The zero-order valence-electron chi connectivity index (χ0n) is 16.0. The second kappa shape index (κ2) is 10.0. The van der Waals surface area contributed by atoms with E-state index in [0.717, 1.165) is 11.1 Å². The molecule has 0 aliphatic heterocycles. The van der Waals surface area contributed by atoms with Crippen LogP contribution in [0.1, 0.15) is 11.1 Å². The summed E-state index contributed by atoms with van der Waals surface area (Å²) in [7, 11) is 0. The number of hydrogen-bond donors (Lipinski definition) is 1. The largest absolute Gasteiger partial charge is 0.484 e. The molecule has 0 saturated heterocycles. The highest BCUT2D eigenvalue weighted by Crippen LogP contribution is 2.24. The van der Waals surface area contributed by atoms with Crippen molar-refractivity contribution in [3.8, 4) is 22.9 Å². The lowest BCUT2D eigenvalue weighted by molar-refractivity contribution is -0.384. The molecule has 0 heterocycles. The second-order valence-corrected chi connectivity index (χ2v) is 6.67. The normalized spacial score (nSPS) is 10.5. The Morgan fingerprint density at radius 1 is 1.13 bits per heavy atom. The van der Waals surface area contributed by atoms with E-state index in [9.17, 15) is 14.9 Å². The predicted octanol–water partition coefficient (Wildman–Crippen LogP) is 4.32. The van der Waals surface area contributed by atoms with Gasteiger partial charge in [0.25, 0.3) is 11.6 Å². The Kier molecular flexibility index (Phi) is 6.93. The highest BCUT2D eigenvalue weighted by Gasteiger charge is 2.12. The van der Waals surface area contributed by atoms with Crippen LogP contribution in [-0.4, -0.2) is 23.7 Å². The molecular formula is C22H15ClN4O4. The maximum absolute atomic E-state index is 11.9. The molecule has 0 radical (unpaired) electrons. The van der Waals surface area contributed by atoms with Gasteiger partial charge in [-0.25, -0.2) is 5.43 Å². The van der Waals surface area contributed by atoms with Crippen LogP contribution in [-0.2, 0) is 4.79 Å². The number of hydrogen-bond acceptors (Lipinski definition) is 6. The van der Waals surface area contributed by atoms with Crippen molar-refractivity contribution in [1.29, 1.82) is 5.26 Å². The summed E-state index contributed by atoms with van der Waals surface area (Å²) in [5.74, 6) is 0.0146. The molecule has 0 bridgehead atoms. The number of nitrogens with one attached hydrogen (secondary N) is 1. The lowest BCUT2D eigenvalue weighted by Gasteiger charge is -2.07. The molecule has 3 aromatic rings. The molecule has 3 aromatic carbocycles. The molecule has 3 rings (SSSR count). The van der Waals surface area contributed by atoms with Gasteiger partial charge >= 0.3 is 0 Å². The van der Waals surface area contributed by atoms with E-state index in [1.807, 2.05) is 24.3 Å². The molecule has 0 aliphatic rings. The van der Waals surface area contributed by atoms with E-state index in [4.69, 9.17) is 21.6 Å². The highest BCUT2D eigenvalue weighted by atomic mass is 35.5. The van der Waals surface area contributed by atoms with E-state index < -0.39 is 10.8 Å². The number of carbonyl (C=O) groups excluding carboxylic acids is 1. The van der Waals surface area contributed by atoms with Gasteiger partial charge in [-0.1, -0.05) is 41.9 Å². The SMILES string of the molecule is N#Cc1ccc(-c2ccc(OCC(=O)N/N=C/c3ccc(Cl)c([N+](=O)[O-])c3)cc2)cc1. The van der Waals surface area contributed by atoms with E-state index in [2.05, 4.69) is 16.6 Å². The third-order valence-electron chi connectivity index (χ3n) is 4.14. The second-order valence-electron chi connectivity index (χ2n) is 6.26. The number of halogens is 1. The average Bonchev–Trinajstić information content (AvgIpc) is 2.79. The van der Waals surface area contributed by atoms with Gasteiger partial charge in [0.2, 0.25) is 0 Å². The molecule has 8 nitrogen and oxygen atoms in total. The monoisotopic (exact) mass is 434 g/mol. The molecule has 1 N–H and O–H groups in total. The number of nitro benzene ring substituents is 1. The predicted molar refractivity (Wildman–Crippen MR) is 116 cm³/mol. The van der Waals surface area contributed by atoms with E-state index in [1.165, 1.54) is 24.4 Å². The van der Waals surface area contributed by atoms with Gasteiger partial charge in [-0.15, -0.1) is 0 Å². The topological polar surface area (TPSA) is 118 Å². The van der Waals surface area contributed by atoms with E-state index in [1.54, 1.807) is 24.3 Å². The lowest BCUT2D eigenvalue weighted by atomic mass is 10.0. The summed E-state index contributed by atoms with van der Waals surface area (Å²) in [5.41, 5.74) is 4.95. The number of carbonyl (C=O) groups is 1. The maximum Gasteiger partial charge on any atom is 0.288 e. The van der Waals surface area contributed by atoms with Crippen molar-refractivity contribution < 1.29 is 14.5 Å². The molecule has 154 valence electrons. The number of benzene rings is 3. The summed E-state index contributed by atoms with van der Waals surface area (Å²) in [6.45, 7) is -0.256. The molecular weight excluding hydrogens is 420 g/mol. The molecule has 0 fully saturated rings. The van der Waals surface area contributed by atoms with Crippen LogP contribution in [0.15, 0.2) is 71.8 Å². The van der Waals surface area contributed by atoms with Gasteiger partial charge in [0.1, 0.15) is 10.8 Å². The Morgan fingerprint density at radius 3 is 2.39 bits per heavy atom. The van der Waals surface area contributed by atoms with Crippen LogP contribution in [0, 0.1) is 21.4 Å². The summed E-state index contributed by atoms with van der Waals surface area (Å²) in [5, 5.41) is 23.5. The van der Waals surface area contributed by atoms with Crippen molar-refractivity contribution >= 4 is 29.4 Å². The van der Waals surface area contributed by atoms with Gasteiger partial charge in [-0.05, 0) is 41.5 Å². The van der Waals surface area contributed by atoms with Crippen LogP contribution >= 0.6 is 11.6 Å². The standard InChI is InChI=1S/C22H15ClN4O4/c23-20-10-3-16(11-21(20)27(29)30)13-25-26-22(28)14-31-19-8-6-18(7-9-19)17-4-1-15(12-24)2-5-17/h1-11,13H,14H2,(H,26,28)/b25-13+. The number of nitrogens with zero attached hydrogens (tertiary/aromatic N) is 3. The van der Waals surface area contributed by atoms with Crippen molar-refractivity contribution in [2.45, 2.75) is 0 Å². The van der Waals surface area contributed by atoms with Crippen LogP contribution in [0.4, 0.5) is 5.69 Å². The number of rotatable bonds is 7. The minimum atomic E-state index is -0.598. The Hall–Kier alpha value is -4.22. The van der Waals surface area contributed by atoms with Gasteiger partial charge in [0.05, 0.1) is 22.8 Å². The van der Waals surface area contributed by atoms with Crippen LogP contribution < -0.4 is 10.2 Å². The van der Waals surface area contributed by atoms with E-state index >= 15 is 0 Å². The summed E-state index contributed by atoms with van der Waals surface area (Å²) < 4.78 is 5.43. The highest BCUT2D eigenvalue weighted by molar-refractivity contribution is 6.32. The number of amides is 1. The smallest absolute Gasteiger partial charge is 0.288 e. The summed E-state index contributed by atoms with van der Waals surface area (Å²) in [6.07, 6.45) is 1.27. The fourth-order valence-electron chi connectivity index (χ4n) is 2.59. The van der Waals surface area contributed by atoms with Crippen LogP contribution in [0.25, 0.3) is 11.1 Å². The van der Waals surface area contributed by atoms with E-state index in [0.29, 0.717) is 16.9 Å². The van der Waals surface area contributed by atoms with Crippen molar-refractivity contribution in [3.05, 3.63) is 93.0 Å². The molecule has 9 heteroatoms. The first kappa shape index (κ1) is 21.5. The van der Waals surface area contributed by atoms with Crippen molar-refractivity contribution in [3.63, 3.8) is 0 Å². The fraction of sp³-hybridized carbons (Fsp3) is 0.0455. The van der Waals surface area contributed by atoms with Crippen LogP contribution in [0.2, 0.25) is 5.02 Å². The summed E-state index contributed by atoms with van der Waals surface area (Å²) in [6, 6.07) is 20.6. The van der Waals surface area contributed by atoms with Crippen LogP contribution in [0.5, 0.6) is 5.75 Å². The summed E-state index contributed by atoms with van der Waals surface area (Å²) >= 11 is 5.75. The van der Waals surface area contributed by atoms with Gasteiger partial charge in [0, 0.05) is 11.6 Å². The van der Waals surface area contributed by atoms with Gasteiger partial charge in [-0.3, -0.25) is 14.9 Å². The molecule has 1 amide bonds. The first-order valence-electron chi connectivity index (χ1n) is 8.95. The molecule has 0 saturated carbocycles. The Labute approximate surface area is 182 Å². The Balaban J connectivity index is 1.51. The average molecular weight is 435 g/mol. The van der Waals surface area contributed by atoms with Crippen molar-refractivity contribution in [1.82, 2.24) is 5.43 Å². The first-order valence-corrected chi connectivity index (χ1v) is 9.33. The minimum absolute atomic E-state index is 0.0183. The molecule has 0 aromatic heterocycles. The third-order valence-corrected chi connectivity index (χ3v) is 4.46. The first-order chi connectivity index (χ1) is 15.0. The summed E-state index contributed by atoms with van der Waals surface area (Å²) in [4.78, 5) is 22.2. The van der Waals surface area contributed by atoms with E-state index in [-0.39, 0.29) is 17.3 Å². The third kappa shape index (κ3) is 5.88. The molecule has 0 spiro atoms. The lowest BCUT2D eigenvalue weighted by Crippen LogP contribution is -2.24. The maximum atomic E-state index is 11.9. The van der Waals surface area contributed by atoms with Gasteiger partial charge < -0.3 is 4.74 Å². The zero-order chi connectivity index (χ0) is 22.2. The minimum Gasteiger partial charge on any atom is -0.484 e. The van der Waals surface area contributed by atoms with Crippen molar-refractivity contribution in [2.75, 3.05) is 6.61 Å². The number of hydrazone groups is 1.